The van der Waals surface area contributed by atoms with Crippen LogP contribution < -0.4 is 4.90 Å². The normalized spacial score (nSPS) is 33.0. The second-order valence-corrected chi connectivity index (χ2v) is 12.1. The second kappa shape index (κ2) is 9.12. The van der Waals surface area contributed by atoms with Crippen LogP contribution in [0.5, 0.6) is 5.75 Å². The van der Waals surface area contributed by atoms with E-state index in [-0.39, 0.29) is 41.0 Å². The first-order chi connectivity index (χ1) is 19.0. The van der Waals surface area contributed by atoms with Crippen LogP contribution in [0.25, 0.3) is 0 Å². The molecule has 0 unspecified atom stereocenters. The molecule has 6 atom stereocenters. The molecule has 4 amide bonds. The molecular weight excluding hydrogens is 629 g/mol. The van der Waals surface area contributed by atoms with E-state index in [0.717, 1.165) is 15.9 Å². The van der Waals surface area contributed by atoms with Gasteiger partial charge in [-0.15, -0.1) is 23.2 Å². The van der Waals surface area contributed by atoms with Crippen molar-refractivity contribution >= 4 is 74.1 Å². The lowest BCUT2D eigenvalue weighted by Crippen LogP contribution is -2.60. The average Bonchev–Trinajstić information content (AvgIpc) is 3.27. The third-order valence-corrected chi connectivity index (χ3v) is 10.5. The number of non-ortho nitro benzene ring substituents is 1. The van der Waals surface area contributed by atoms with Crippen molar-refractivity contribution in [3.8, 4) is 5.75 Å². The number of amides is 4. The van der Waals surface area contributed by atoms with Crippen LogP contribution in [0, 0.1) is 27.9 Å². The van der Waals surface area contributed by atoms with Crippen molar-refractivity contribution in [1.29, 1.82) is 0 Å². The van der Waals surface area contributed by atoms with Gasteiger partial charge < -0.3 is 5.11 Å². The maximum atomic E-state index is 14.0. The Morgan fingerprint density at radius 2 is 1.75 bits per heavy atom. The van der Waals surface area contributed by atoms with Crippen molar-refractivity contribution in [2.45, 2.75) is 28.5 Å². The third-order valence-electron chi connectivity index (χ3n) is 8.56. The van der Waals surface area contributed by atoms with Gasteiger partial charge in [0.25, 0.3) is 17.5 Å². The van der Waals surface area contributed by atoms with Crippen molar-refractivity contribution in [2.75, 3.05) is 10.4 Å². The average molecular weight is 649 g/mol. The number of nitro groups is 1. The number of carbonyl (C=O) groups is 4. The lowest BCUT2D eigenvalue weighted by molar-refractivity contribution is -0.384. The molecule has 1 saturated carbocycles. The maximum absolute atomic E-state index is 14.0. The summed E-state index contributed by atoms with van der Waals surface area (Å²) >= 11 is 17.4. The number of hydrogen-bond donors (Lipinski definition) is 1. The van der Waals surface area contributed by atoms with Gasteiger partial charge in [-0.3, -0.25) is 34.2 Å². The maximum Gasteiger partial charge on any atom is 0.271 e. The summed E-state index contributed by atoms with van der Waals surface area (Å²) in [4.78, 5) is 63.4. The van der Waals surface area contributed by atoms with Crippen LogP contribution in [0.3, 0.4) is 0 Å². The molecule has 2 aliphatic carbocycles. The Hall–Kier alpha value is -3.28. The van der Waals surface area contributed by atoms with Crippen LogP contribution >= 0.6 is 39.1 Å². The summed E-state index contributed by atoms with van der Waals surface area (Å²) in [5, 5.41) is 22.2. The van der Waals surface area contributed by atoms with E-state index >= 15 is 0 Å². The van der Waals surface area contributed by atoms with Crippen LogP contribution in [0.15, 0.2) is 60.2 Å². The molecule has 206 valence electrons. The molecule has 2 aliphatic heterocycles. The molecular formula is C27H20BrCl2N3O7. The molecule has 13 heteroatoms. The SMILES string of the molecule is O=C1[C@H]2[C@H](CC=C3[C@H]2C[C@@]2(Cl)C(=O)N(CBr)C(=O)[C@@]2(Cl)[C@H]3c2ccccc2O)C(=O)N1c1cccc([N+](=O)[O-])c1. The molecule has 0 aromatic heterocycles. The Balaban J connectivity index is 1.51. The van der Waals surface area contributed by atoms with E-state index in [0.29, 0.717) is 5.57 Å². The Morgan fingerprint density at radius 3 is 2.42 bits per heavy atom. The summed E-state index contributed by atoms with van der Waals surface area (Å²) in [6.45, 7) is 0. The van der Waals surface area contributed by atoms with Gasteiger partial charge in [-0.05, 0) is 30.9 Å². The number of phenolic OH excluding ortho intramolecular Hbond substituents is 1. The fourth-order valence-electron chi connectivity index (χ4n) is 6.83. The second-order valence-electron chi connectivity index (χ2n) is 10.3. The van der Waals surface area contributed by atoms with Gasteiger partial charge in [0, 0.05) is 23.6 Å². The first-order valence-electron chi connectivity index (χ1n) is 12.4. The van der Waals surface area contributed by atoms with E-state index < -0.39 is 62.0 Å². The van der Waals surface area contributed by atoms with Gasteiger partial charge in [0.15, 0.2) is 9.75 Å². The van der Waals surface area contributed by atoms with Crippen molar-refractivity contribution in [2.24, 2.45) is 17.8 Å². The summed E-state index contributed by atoms with van der Waals surface area (Å²) in [5.74, 6) is -6.37. The number of nitro benzene ring substituents is 1. The number of anilines is 1. The monoisotopic (exact) mass is 647 g/mol. The smallest absolute Gasteiger partial charge is 0.271 e. The Morgan fingerprint density at radius 1 is 1.02 bits per heavy atom. The third kappa shape index (κ3) is 3.34. The molecule has 2 aromatic carbocycles. The largest absolute Gasteiger partial charge is 0.508 e. The summed E-state index contributed by atoms with van der Waals surface area (Å²) in [6.07, 6.45) is 1.67. The highest BCUT2D eigenvalue weighted by molar-refractivity contribution is 9.09. The van der Waals surface area contributed by atoms with Gasteiger partial charge in [-0.2, -0.15) is 0 Å². The number of phenols is 1. The highest BCUT2D eigenvalue weighted by atomic mass is 79.9. The van der Waals surface area contributed by atoms with Crippen molar-refractivity contribution in [3.63, 3.8) is 0 Å². The molecule has 3 fully saturated rings. The van der Waals surface area contributed by atoms with Crippen LogP contribution in [0.4, 0.5) is 11.4 Å². The molecule has 6 rings (SSSR count). The van der Waals surface area contributed by atoms with E-state index in [4.69, 9.17) is 23.2 Å². The number of halogens is 3. The van der Waals surface area contributed by atoms with E-state index in [9.17, 15) is 34.4 Å². The number of carbonyl (C=O) groups excluding carboxylic acids is 4. The number of imide groups is 2. The number of allylic oxidation sites excluding steroid dienone is 2. The molecule has 0 spiro atoms. The predicted molar refractivity (Wildman–Crippen MR) is 147 cm³/mol. The Labute approximate surface area is 245 Å². The van der Waals surface area contributed by atoms with Crippen LogP contribution in [0.1, 0.15) is 24.3 Å². The summed E-state index contributed by atoms with van der Waals surface area (Å²) in [7, 11) is 0. The minimum absolute atomic E-state index is 0.0677. The topological polar surface area (TPSA) is 138 Å². The van der Waals surface area contributed by atoms with E-state index in [2.05, 4.69) is 15.9 Å². The zero-order valence-electron chi connectivity index (χ0n) is 20.5. The standard InChI is InChI=1S/C27H20BrCl2N3O7/c28-12-31-24(37)26(29)11-18-15(21(27(26,30)25(31)38)16-6-1-2-7-19(16)34)8-9-17-20(18)23(36)32(22(17)35)13-4-3-5-14(10-13)33(39)40/h1-8,10,17-18,20-21,34H,9,11-12H2/t17-,18+,20-,21+,26+,27-/m0/s1. The van der Waals surface area contributed by atoms with Gasteiger partial charge in [0.05, 0.1) is 27.9 Å². The van der Waals surface area contributed by atoms with Crippen LogP contribution in [-0.4, -0.2) is 53.8 Å². The molecule has 2 heterocycles. The Kier molecular flexibility index (Phi) is 6.14. The van der Waals surface area contributed by atoms with Crippen molar-refractivity contribution in [3.05, 3.63) is 75.9 Å². The lowest BCUT2D eigenvalue weighted by atomic mass is 9.56. The number of aromatic hydroxyl groups is 1. The number of rotatable bonds is 4. The number of nitrogens with zero attached hydrogens (tertiary/aromatic N) is 3. The van der Waals surface area contributed by atoms with Gasteiger partial charge in [-0.25, -0.2) is 4.90 Å². The van der Waals surface area contributed by atoms with Crippen molar-refractivity contribution in [1.82, 2.24) is 4.90 Å². The molecule has 40 heavy (non-hydrogen) atoms. The molecule has 2 aromatic rings. The zero-order valence-corrected chi connectivity index (χ0v) is 23.6. The molecule has 10 nitrogen and oxygen atoms in total. The first-order valence-corrected chi connectivity index (χ1v) is 14.3. The molecule has 0 radical (unpaired) electrons. The predicted octanol–water partition coefficient (Wildman–Crippen LogP) is 4.22. The number of likely N-dealkylation sites (tertiary alicyclic amines) is 1. The van der Waals surface area contributed by atoms with Gasteiger partial charge >= 0.3 is 0 Å². The minimum Gasteiger partial charge on any atom is -0.508 e. The Bertz CT molecular complexity index is 1570. The number of para-hydroxylation sites is 1. The van der Waals surface area contributed by atoms with E-state index in [1.165, 1.54) is 24.3 Å². The highest BCUT2D eigenvalue weighted by Gasteiger charge is 2.76. The summed E-state index contributed by atoms with van der Waals surface area (Å²) in [5.41, 5.74) is 0.434. The number of benzene rings is 2. The number of alkyl halides is 3. The number of fused-ring (bicyclic) bond motifs is 4. The van der Waals surface area contributed by atoms with E-state index in [1.807, 2.05) is 0 Å². The molecule has 2 saturated heterocycles. The molecule has 1 N–H and O–H groups in total. The quantitative estimate of drug-likeness (QED) is 0.131. The van der Waals surface area contributed by atoms with Crippen molar-refractivity contribution < 1.29 is 29.2 Å². The van der Waals surface area contributed by atoms with E-state index in [1.54, 1.807) is 24.3 Å². The molecule has 4 aliphatic rings. The molecule has 0 bridgehead atoms. The fourth-order valence-corrected chi connectivity index (χ4v) is 8.25. The summed E-state index contributed by atoms with van der Waals surface area (Å²) < 4.78 is 0. The van der Waals surface area contributed by atoms with Crippen LogP contribution in [-0.2, 0) is 19.2 Å². The number of hydrogen-bond acceptors (Lipinski definition) is 7. The van der Waals surface area contributed by atoms with Gasteiger partial charge in [0.1, 0.15) is 5.75 Å². The lowest BCUT2D eigenvalue weighted by Gasteiger charge is -2.50. The highest BCUT2D eigenvalue weighted by Crippen LogP contribution is 2.66. The fraction of sp³-hybridized carbons (Fsp3) is 0.333. The zero-order chi connectivity index (χ0) is 28.7. The minimum atomic E-state index is -2.02. The first kappa shape index (κ1) is 26.9. The summed E-state index contributed by atoms with van der Waals surface area (Å²) in [6, 6.07) is 11.5. The van der Waals surface area contributed by atoms with Gasteiger partial charge in [0.2, 0.25) is 11.8 Å². The van der Waals surface area contributed by atoms with Gasteiger partial charge in [-0.1, -0.05) is 51.8 Å². The van der Waals surface area contributed by atoms with Crippen LogP contribution in [0.2, 0.25) is 0 Å².